The number of ether oxygens (including phenoxy) is 1. The number of hydrogen-bond acceptors (Lipinski definition) is 5. The number of thiophene rings is 1. The summed E-state index contributed by atoms with van der Waals surface area (Å²) in [5, 5.41) is 3.11. The number of hydrogen-bond donors (Lipinski definition) is 2. The van der Waals surface area contributed by atoms with Gasteiger partial charge in [-0.15, -0.1) is 11.3 Å². The Balaban J connectivity index is 3.28. The van der Waals surface area contributed by atoms with Crippen LogP contribution in [0, 0.1) is 5.92 Å². The third kappa shape index (κ3) is 3.72. The first-order valence-electron chi connectivity index (χ1n) is 6.78. The summed E-state index contributed by atoms with van der Waals surface area (Å²) in [5.41, 5.74) is 7.06. The fraction of sp³-hybridized carbons (Fsp3) is 0.571. The summed E-state index contributed by atoms with van der Waals surface area (Å²) in [6.45, 7) is 8.48. The molecule has 0 fully saturated rings. The van der Waals surface area contributed by atoms with Crippen LogP contribution in [0.15, 0.2) is 0 Å². The van der Waals surface area contributed by atoms with Crippen molar-refractivity contribution < 1.29 is 14.3 Å². The van der Waals surface area contributed by atoms with Crippen LogP contribution in [0.5, 0.6) is 0 Å². The minimum absolute atomic E-state index is 0.229. The van der Waals surface area contributed by atoms with Gasteiger partial charge in [0.25, 0.3) is 5.91 Å². The number of nitrogens with two attached hydrogens (primary N) is 1. The van der Waals surface area contributed by atoms with Crippen LogP contribution in [0.3, 0.4) is 0 Å². The number of esters is 1. The van der Waals surface area contributed by atoms with E-state index in [1.165, 1.54) is 0 Å². The fourth-order valence-corrected chi connectivity index (χ4v) is 2.94. The van der Waals surface area contributed by atoms with E-state index < -0.39 is 5.97 Å². The molecule has 0 aliphatic rings. The molecule has 1 amide bonds. The Bertz CT molecular complexity index is 495. The molecular weight excluding hydrogens is 276 g/mol. The first-order chi connectivity index (χ1) is 9.42. The van der Waals surface area contributed by atoms with Crippen molar-refractivity contribution in [1.29, 1.82) is 0 Å². The molecule has 0 bridgehead atoms. The summed E-state index contributed by atoms with van der Waals surface area (Å²) in [6.07, 6.45) is 0.619. The number of carbonyl (C=O) groups is 2. The van der Waals surface area contributed by atoms with Crippen molar-refractivity contribution in [2.75, 3.05) is 18.9 Å². The van der Waals surface area contributed by atoms with E-state index in [1.807, 2.05) is 20.8 Å². The average molecular weight is 298 g/mol. The van der Waals surface area contributed by atoms with Crippen molar-refractivity contribution >= 4 is 28.2 Å². The molecule has 0 unspecified atom stereocenters. The third-order valence-corrected chi connectivity index (χ3v) is 3.71. The summed E-state index contributed by atoms with van der Waals surface area (Å²) in [4.78, 5) is 24.6. The lowest BCUT2D eigenvalue weighted by atomic mass is 9.98. The van der Waals surface area contributed by atoms with Crippen LogP contribution in [-0.4, -0.2) is 25.0 Å². The normalized spacial score (nSPS) is 10.7. The lowest BCUT2D eigenvalue weighted by Crippen LogP contribution is -2.24. The highest BCUT2D eigenvalue weighted by Gasteiger charge is 2.26. The van der Waals surface area contributed by atoms with E-state index in [-0.39, 0.29) is 5.91 Å². The number of carbonyl (C=O) groups excluding carboxylic acids is 2. The van der Waals surface area contributed by atoms with Crippen molar-refractivity contribution in [2.45, 2.75) is 34.1 Å². The van der Waals surface area contributed by atoms with Crippen LogP contribution < -0.4 is 11.1 Å². The quantitative estimate of drug-likeness (QED) is 0.790. The summed E-state index contributed by atoms with van der Waals surface area (Å²) in [5.74, 6) is -0.326. The molecule has 0 atom stereocenters. The van der Waals surface area contributed by atoms with E-state index >= 15 is 0 Å². The lowest BCUT2D eigenvalue weighted by Gasteiger charge is -2.10. The Labute approximate surface area is 123 Å². The van der Waals surface area contributed by atoms with Gasteiger partial charge >= 0.3 is 5.97 Å². The topological polar surface area (TPSA) is 81.4 Å². The van der Waals surface area contributed by atoms with Gasteiger partial charge in [0.15, 0.2) is 0 Å². The van der Waals surface area contributed by atoms with Crippen molar-refractivity contribution in [3.05, 3.63) is 16.0 Å². The van der Waals surface area contributed by atoms with Crippen molar-refractivity contribution in [1.82, 2.24) is 5.32 Å². The smallest absolute Gasteiger partial charge is 0.348 e. The van der Waals surface area contributed by atoms with Crippen LogP contribution in [0.1, 0.15) is 53.3 Å². The number of rotatable bonds is 6. The molecule has 0 saturated carbocycles. The van der Waals surface area contributed by atoms with E-state index in [4.69, 9.17) is 10.5 Å². The molecule has 0 aromatic carbocycles. The highest BCUT2D eigenvalue weighted by Crippen LogP contribution is 2.33. The van der Waals surface area contributed by atoms with Crippen LogP contribution in [0.25, 0.3) is 0 Å². The van der Waals surface area contributed by atoms with Gasteiger partial charge in [-0.2, -0.15) is 0 Å². The van der Waals surface area contributed by atoms with Gasteiger partial charge in [0.1, 0.15) is 4.88 Å². The predicted octanol–water partition coefficient (Wildman–Crippen LogP) is 2.46. The van der Waals surface area contributed by atoms with Gasteiger partial charge in [-0.3, -0.25) is 4.79 Å². The fourth-order valence-electron chi connectivity index (χ4n) is 1.95. The molecule has 20 heavy (non-hydrogen) atoms. The van der Waals surface area contributed by atoms with Crippen LogP contribution in [0.2, 0.25) is 0 Å². The second kappa shape index (κ2) is 7.28. The zero-order valence-corrected chi connectivity index (χ0v) is 13.2. The molecule has 0 spiro atoms. The zero-order valence-electron chi connectivity index (χ0n) is 12.4. The molecule has 3 N–H and O–H groups in total. The van der Waals surface area contributed by atoms with Gasteiger partial charge in [0.2, 0.25) is 0 Å². The van der Waals surface area contributed by atoms with Gasteiger partial charge in [0.05, 0.1) is 17.2 Å². The molecule has 5 nitrogen and oxygen atoms in total. The molecular formula is C14H22N2O3S. The summed E-state index contributed by atoms with van der Waals surface area (Å²) in [6, 6.07) is 0. The molecule has 0 aliphatic carbocycles. The molecule has 1 aromatic heterocycles. The maximum atomic E-state index is 12.1. The minimum Gasteiger partial charge on any atom is -0.462 e. The van der Waals surface area contributed by atoms with Gasteiger partial charge in [-0.1, -0.05) is 13.8 Å². The number of anilines is 1. The van der Waals surface area contributed by atoms with E-state index in [2.05, 4.69) is 5.32 Å². The average Bonchev–Trinajstić information content (AvgIpc) is 2.66. The van der Waals surface area contributed by atoms with E-state index in [0.717, 1.165) is 11.3 Å². The van der Waals surface area contributed by atoms with E-state index in [9.17, 15) is 9.59 Å². The van der Waals surface area contributed by atoms with Crippen LogP contribution in [-0.2, 0) is 11.2 Å². The maximum absolute atomic E-state index is 12.1. The van der Waals surface area contributed by atoms with Gasteiger partial charge in [-0.25, -0.2) is 4.79 Å². The summed E-state index contributed by atoms with van der Waals surface area (Å²) >= 11 is 1.13. The van der Waals surface area contributed by atoms with Gasteiger partial charge in [0, 0.05) is 6.54 Å². The number of amides is 1. The van der Waals surface area contributed by atoms with Crippen molar-refractivity contribution in [3.8, 4) is 0 Å². The first kappa shape index (κ1) is 16.5. The molecule has 6 heteroatoms. The SMILES string of the molecule is CCNC(=O)c1c(N)sc(C(=O)OCC)c1CC(C)C. The second-order valence-corrected chi connectivity index (χ2v) is 5.88. The maximum Gasteiger partial charge on any atom is 0.348 e. The van der Waals surface area contributed by atoms with Crippen molar-refractivity contribution in [3.63, 3.8) is 0 Å². The van der Waals surface area contributed by atoms with E-state index in [1.54, 1.807) is 6.92 Å². The lowest BCUT2D eigenvalue weighted by molar-refractivity contribution is 0.0531. The largest absolute Gasteiger partial charge is 0.462 e. The van der Waals surface area contributed by atoms with Crippen LogP contribution >= 0.6 is 11.3 Å². The minimum atomic E-state index is -0.407. The highest BCUT2D eigenvalue weighted by molar-refractivity contribution is 7.18. The molecule has 112 valence electrons. The Kier molecular flexibility index (Phi) is 6.01. The Hall–Kier alpha value is -1.56. The first-order valence-corrected chi connectivity index (χ1v) is 7.60. The number of nitrogens with one attached hydrogen (secondary N) is 1. The molecule has 0 aliphatic heterocycles. The Morgan fingerprint density at radius 1 is 1.35 bits per heavy atom. The Morgan fingerprint density at radius 3 is 2.50 bits per heavy atom. The second-order valence-electron chi connectivity index (χ2n) is 4.83. The van der Waals surface area contributed by atoms with Crippen molar-refractivity contribution in [2.24, 2.45) is 5.92 Å². The van der Waals surface area contributed by atoms with Gasteiger partial charge in [-0.05, 0) is 31.7 Å². The summed E-state index contributed by atoms with van der Waals surface area (Å²) < 4.78 is 5.04. The molecule has 1 aromatic rings. The summed E-state index contributed by atoms with van der Waals surface area (Å²) in [7, 11) is 0. The van der Waals surface area contributed by atoms with Crippen LogP contribution in [0.4, 0.5) is 5.00 Å². The standard InChI is InChI=1S/C14H22N2O3S/c1-5-16-13(17)10-9(7-8(3)4)11(20-12(10)15)14(18)19-6-2/h8H,5-7,15H2,1-4H3,(H,16,17). The molecule has 0 radical (unpaired) electrons. The zero-order chi connectivity index (χ0) is 15.3. The molecule has 1 rings (SSSR count). The Morgan fingerprint density at radius 2 is 2.00 bits per heavy atom. The molecule has 1 heterocycles. The monoisotopic (exact) mass is 298 g/mol. The molecule has 0 saturated heterocycles. The predicted molar refractivity (Wildman–Crippen MR) is 81.2 cm³/mol. The van der Waals surface area contributed by atoms with E-state index in [0.29, 0.717) is 46.5 Å². The highest BCUT2D eigenvalue weighted by atomic mass is 32.1. The van der Waals surface area contributed by atoms with Gasteiger partial charge < -0.3 is 15.8 Å². The third-order valence-electron chi connectivity index (χ3n) is 2.67. The number of nitrogen functional groups attached to an aromatic ring is 1.